The number of hydrogen-bond acceptors (Lipinski definition) is 6. The van der Waals surface area contributed by atoms with Crippen molar-refractivity contribution in [2.45, 2.75) is 39.3 Å². The first-order chi connectivity index (χ1) is 15.7. The SMILES string of the molecule is C=C(Nc1cccc(F)c1C)C1=C(NCc2ccncc2OCC(C)(C)OC)CCNC1=O. The van der Waals surface area contributed by atoms with Gasteiger partial charge in [0.25, 0.3) is 5.91 Å². The van der Waals surface area contributed by atoms with Crippen molar-refractivity contribution in [1.82, 2.24) is 15.6 Å². The van der Waals surface area contributed by atoms with Crippen LogP contribution >= 0.6 is 0 Å². The van der Waals surface area contributed by atoms with Crippen LogP contribution in [0.15, 0.2) is 60.2 Å². The van der Waals surface area contributed by atoms with Crippen LogP contribution in [-0.4, -0.2) is 36.8 Å². The molecular weight excluding hydrogens is 423 g/mol. The highest BCUT2D eigenvalue weighted by molar-refractivity contribution is 6.00. The summed E-state index contributed by atoms with van der Waals surface area (Å²) in [7, 11) is 1.64. The largest absolute Gasteiger partial charge is 0.489 e. The fourth-order valence-electron chi connectivity index (χ4n) is 3.31. The van der Waals surface area contributed by atoms with Crippen molar-refractivity contribution in [2.75, 3.05) is 25.6 Å². The number of aromatic nitrogens is 1. The molecule has 0 atom stereocenters. The smallest absolute Gasteiger partial charge is 0.255 e. The van der Waals surface area contributed by atoms with Crippen molar-refractivity contribution >= 4 is 11.6 Å². The fourth-order valence-corrected chi connectivity index (χ4v) is 3.31. The summed E-state index contributed by atoms with van der Waals surface area (Å²) in [5, 5.41) is 9.31. The number of pyridine rings is 1. The first-order valence-corrected chi connectivity index (χ1v) is 10.8. The molecule has 2 heterocycles. The lowest BCUT2D eigenvalue weighted by Crippen LogP contribution is -2.37. The van der Waals surface area contributed by atoms with Crippen molar-refractivity contribution in [3.63, 3.8) is 0 Å². The maximum Gasteiger partial charge on any atom is 0.255 e. The van der Waals surface area contributed by atoms with Gasteiger partial charge >= 0.3 is 0 Å². The molecule has 33 heavy (non-hydrogen) atoms. The summed E-state index contributed by atoms with van der Waals surface area (Å²) < 4.78 is 25.3. The summed E-state index contributed by atoms with van der Waals surface area (Å²) in [6.45, 7) is 10.9. The molecule has 0 unspecified atom stereocenters. The van der Waals surface area contributed by atoms with Crippen molar-refractivity contribution in [1.29, 1.82) is 0 Å². The normalized spacial score (nSPS) is 14.0. The lowest BCUT2D eigenvalue weighted by atomic mass is 10.0. The van der Waals surface area contributed by atoms with Crippen LogP contribution < -0.4 is 20.7 Å². The number of carbonyl (C=O) groups is 1. The Hall–Kier alpha value is -3.39. The van der Waals surface area contributed by atoms with E-state index in [0.29, 0.717) is 54.4 Å². The number of benzene rings is 1. The Morgan fingerprint density at radius 3 is 2.88 bits per heavy atom. The number of nitrogens with one attached hydrogen (secondary N) is 3. The van der Waals surface area contributed by atoms with Crippen LogP contribution in [0.25, 0.3) is 0 Å². The molecular formula is C25H31FN4O3. The van der Waals surface area contributed by atoms with Crippen LogP contribution in [0.5, 0.6) is 5.75 Å². The highest BCUT2D eigenvalue weighted by atomic mass is 19.1. The molecule has 0 bridgehead atoms. The van der Waals surface area contributed by atoms with Gasteiger partial charge in [-0.05, 0) is 39.0 Å². The predicted molar refractivity (Wildman–Crippen MR) is 126 cm³/mol. The van der Waals surface area contributed by atoms with Crippen LogP contribution in [0.4, 0.5) is 10.1 Å². The summed E-state index contributed by atoms with van der Waals surface area (Å²) in [5.41, 5.74) is 3.06. The third-order valence-corrected chi connectivity index (χ3v) is 5.53. The zero-order valence-electron chi connectivity index (χ0n) is 19.5. The first-order valence-electron chi connectivity index (χ1n) is 10.8. The summed E-state index contributed by atoms with van der Waals surface area (Å²) in [6.07, 6.45) is 3.97. The Morgan fingerprint density at radius 1 is 1.33 bits per heavy atom. The molecule has 176 valence electrons. The summed E-state index contributed by atoms with van der Waals surface area (Å²) in [6, 6.07) is 6.63. The monoisotopic (exact) mass is 454 g/mol. The lowest BCUT2D eigenvalue weighted by molar-refractivity contribution is -0.117. The molecule has 3 rings (SSSR count). The topological polar surface area (TPSA) is 84.5 Å². The van der Waals surface area contributed by atoms with Crippen LogP contribution in [-0.2, 0) is 16.1 Å². The minimum Gasteiger partial charge on any atom is -0.489 e. The van der Waals surface area contributed by atoms with Crippen molar-refractivity contribution in [2.24, 2.45) is 0 Å². The maximum atomic E-state index is 13.9. The Morgan fingerprint density at radius 2 is 2.12 bits per heavy atom. The van der Waals surface area contributed by atoms with Crippen molar-refractivity contribution in [3.05, 3.63) is 77.1 Å². The highest BCUT2D eigenvalue weighted by Gasteiger charge is 2.24. The van der Waals surface area contributed by atoms with Gasteiger partial charge in [-0.2, -0.15) is 0 Å². The van der Waals surface area contributed by atoms with Gasteiger partial charge in [0.1, 0.15) is 18.2 Å². The van der Waals surface area contributed by atoms with E-state index in [1.807, 2.05) is 19.9 Å². The van der Waals surface area contributed by atoms with E-state index in [2.05, 4.69) is 27.5 Å². The maximum absolute atomic E-state index is 13.9. The molecule has 1 aliphatic heterocycles. The van der Waals surface area contributed by atoms with Crippen LogP contribution in [0.2, 0.25) is 0 Å². The molecule has 0 saturated carbocycles. The van der Waals surface area contributed by atoms with Gasteiger partial charge in [0.05, 0.1) is 17.4 Å². The summed E-state index contributed by atoms with van der Waals surface area (Å²) in [4.78, 5) is 16.8. The zero-order chi connectivity index (χ0) is 24.0. The molecule has 0 fully saturated rings. The standard InChI is InChI=1S/C25H31FN4O3/c1-16-19(26)7-6-8-20(16)30-17(2)23-21(10-12-28-24(23)31)29-13-18-9-11-27-14-22(18)33-15-25(3,4)32-5/h6-9,11,14,29-30H,2,10,12-13,15H2,1,3-5H3,(H,28,31). The molecule has 1 aromatic heterocycles. The Kier molecular flexibility index (Phi) is 7.71. The number of nitrogens with zero attached hydrogens (tertiary/aromatic N) is 1. The molecule has 2 aromatic rings. The Labute approximate surface area is 194 Å². The number of ether oxygens (including phenoxy) is 2. The van der Waals surface area contributed by atoms with Gasteiger partial charge in [0.2, 0.25) is 0 Å². The summed E-state index contributed by atoms with van der Waals surface area (Å²) in [5.74, 6) is 0.0864. The molecule has 1 aliphatic rings. The predicted octanol–water partition coefficient (Wildman–Crippen LogP) is 3.82. The highest BCUT2D eigenvalue weighted by Crippen LogP contribution is 2.25. The average Bonchev–Trinajstić information content (AvgIpc) is 2.80. The second-order valence-electron chi connectivity index (χ2n) is 8.46. The van der Waals surface area contributed by atoms with E-state index >= 15 is 0 Å². The molecule has 1 aromatic carbocycles. The third kappa shape index (κ3) is 6.10. The second kappa shape index (κ2) is 10.5. The third-order valence-electron chi connectivity index (χ3n) is 5.53. The van der Waals surface area contributed by atoms with Gasteiger partial charge in [-0.15, -0.1) is 0 Å². The van der Waals surface area contributed by atoms with E-state index < -0.39 is 5.60 Å². The van der Waals surface area contributed by atoms with E-state index in [1.54, 1.807) is 38.6 Å². The summed E-state index contributed by atoms with van der Waals surface area (Å²) >= 11 is 0. The molecule has 3 N–H and O–H groups in total. The van der Waals surface area contributed by atoms with E-state index in [0.717, 1.165) is 11.3 Å². The number of methoxy groups -OCH3 is 1. The van der Waals surface area contributed by atoms with Crippen molar-refractivity contribution in [3.8, 4) is 5.75 Å². The first kappa shape index (κ1) is 24.3. The van der Waals surface area contributed by atoms with Gasteiger partial charge in [0, 0.05) is 61.0 Å². The zero-order valence-corrected chi connectivity index (χ0v) is 19.5. The van der Waals surface area contributed by atoms with Gasteiger partial charge < -0.3 is 25.4 Å². The number of carbonyl (C=O) groups excluding carboxylic acids is 1. The fraction of sp³-hybridized carbons (Fsp3) is 0.360. The second-order valence-corrected chi connectivity index (χ2v) is 8.46. The molecule has 0 saturated heterocycles. The quantitative estimate of drug-likeness (QED) is 0.506. The van der Waals surface area contributed by atoms with Crippen LogP contribution in [0.1, 0.15) is 31.4 Å². The number of anilines is 1. The molecule has 8 heteroatoms. The number of amides is 1. The van der Waals surface area contributed by atoms with Crippen LogP contribution in [0.3, 0.4) is 0 Å². The van der Waals surface area contributed by atoms with Gasteiger partial charge in [-0.25, -0.2) is 4.39 Å². The van der Waals surface area contributed by atoms with Gasteiger partial charge in [-0.3, -0.25) is 9.78 Å². The van der Waals surface area contributed by atoms with Crippen molar-refractivity contribution < 1.29 is 18.7 Å². The Balaban J connectivity index is 1.78. The Bertz CT molecular complexity index is 1070. The lowest BCUT2D eigenvalue weighted by Gasteiger charge is -2.25. The minimum absolute atomic E-state index is 0.233. The molecule has 1 amide bonds. The van der Waals surface area contributed by atoms with E-state index in [1.165, 1.54) is 6.07 Å². The molecule has 0 spiro atoms. The molecule has 0 radical (unpaired) electrons. The van der Waals surface area contributed by atoms with E-state index in [9.17, 15) is 9.18 Å². The molecule has 7 nitrogen and oxygen atoms in total. The average molecular weight is 455 g/mol. The van der Waals surface area contributed by atoms with Gasteiger partial charge in [-0.1, -0.05) is 12.6 Å². The number of halogens is 1. The number of rotatable bonds is 10. The molecule has 0 aliphatic carbocycles. The minimum atomic E-state index is -0.434. The van der Waals surface area contributed by atoms with E-state index in [4.69, 9.17) is 9.47 Å². The number of hydrogen-bond donors (Lipinski definition) is 3. The van der Waals surface area contributed by atoms with E-state index in [-0.39, 0.29) is 11.7 Å². The van der Waals surface area contributed by atoms with Crippen LogP contribution in [0, 0.1) is 12.7 Å². The van der Waals surface area contributed by atoms with Gasteiger partial charge in [0.15, 0.2) is 0 Å².